The molecule has 3 fully saturated rings. The van der Waals surface area contributed by atoms with E-state index in [1.807, 2.05) is 0 Å². The molecule has 0 amide bonds. The quantitative estimate of drug-likeness (QED) is 0.433. The van der Waals surface area contributed by atoms with Crippen molar-refractivity contribution in [2.24, 2.45) is 28.6 Å². The summed E-state index contributed by atoms with van der Waals surface area (Å²) < 4.78 is 12.1. The number of hydrogen-bond donors (Lipinski definition) is 0. The maximum absolute atomic E-state index is 11.4. The number of allylic oxidation sites excluding steroid dienone is 1. The van der Waals surface area contributed by atoms with E-state index >= 15 is 0 Å². The minimum Gasteiger partial charge on any atom is -0.490 e. The molecular weight excluding hydrogens is 372 g/mol. The molecule has 1 aromatic carbocycles. The summed E-state index contributed by atoms with van der Waals surface area (Å²) in [6.07, 6.45) is 12.3. The predicted octanol–water partition coefficient (Wildman–Crippen LogP) is 6.33. The molecule has 0 spiro atoms. The molecule has 0 radical (unpaired) electrons. The van der Waals surface area contributed by atoms with Crippen molar-refractivity contribution in [1.82, 2.24) is 0 Å². The fourth-order valence-corrected chi connectivity index (χ4v) is 7.77. The highest BCUT2D eigenvalue weighted by molar-refractivity contribution is 5.66. The fraction of sp³-hybridized carbons (Fsp3) is 0.667. The Kier molecular flexibility index (Phi) is 4.99. The molecular formula is C27H36O3. The number of hydrogen-bond acceptors (Lipinski definition) is 3. The van der Waals surface area contributed by atoms with Gasteiger partial charge in [0.25, 0.3) is 0 Å². The Hall–Kier alpha value is -1.77. The van der Waals surface area contributed by atoms with Gasteiger partial charge in [-0.25, -0.2) is 0 Å². The van der Waals surface area contributed by atoms with Crippen molar-refractivity contribution in [3.63, 3.8) is 0 Å². The standard InChI is InChI=1S/C27H36O3/c1-18(28)29-21-13-15-26(2)19(17-21)9-10-22-23-11-12-25(27(23,3)16-14-24(22)26)30-20-7-5-4-6-8-20/h4-9,21-25H,10-17H2,1-3H3. The number of carbonyl (C=O) groups excluding carboxylic acids is 1. The summed E-state index contributed by atoms with van der Waals surface area (Å²) in [5, 5.41) is 0. The number of benzene rings is 1. The van der Waals surface area contributed by atoms with Crippen molar-refractivity contribution in [3.05, 3.63) is 42.0 Å². The molecule has 1 aromatic rings. The molecule has 5 rings (SSSR count). The van der Waals surface area contributed by atoms with Crippen LogP contribution in [0.1, 0.15) is 72.1 Å². The Morgan fingerprint density at radius 1 is 1.00 bits per heavy atom. The van der Waals surface area contributed by atoms with Crippen molar-refractivity contribution < 1.29 is 14.3 Å². The zero-order valence-electron chi connectivity index (χ0n) is 18.7. The predicted molar refractivity (Wildman–Crippen MR) is 118 cm³/mol. The molecule has 0 saturated heterocycles. The summed E-state index contributed by atoms with van der Waals surface area (Å²) in [4.78, 5) is 11.4. The summed E-state index contributed by atoms with van der Waals surface area (Å²) in [6, 6.07) is 10.4. The van der Waals surface area contributed by atoms with Crippen LogP contribution in [-0.2, 0) is 9.53 Å². The van der Waals surface area contributed by atoms with E-state index < -0.39 is 0 Å². The van der Waals surface area contributed by atoms with Crippen LogP contribution in [0.2, 0.25) is 0 Å². The first-order valence-corrected chi connectivity index (χ1v) is 12.0. The van der Waals surface area contributed by atoms with E-state index in [1.54, 1.807) is 5.57 Å². The van der Waals surface area contributed by atoms with E-state index in [4.69, 9.17) is 9.47 Å². The highest BCUT2D eigenvalue weighted by atomic mass is 16.5. The lowest BCUT2D eigenvalue weighted by Gasteiger charge is -2.57. The second-order valence-corrected chi connectivity index (χ2v) is 10.8. The van der Waals surface area contributed by atoms with E-state index in [2.05, 4.69) is 50.3 Å². The van der Waals surface area contributed by atoms with Gasteiger partial charge in [-0.05, 0) is 80.2 Å². The average molecular weight is 409 g/mol. The van der Waals surface area contributed by atoms with Gasteiger partial charge in [0.05, 0.1) is 0 Å². The molecule has 3 nitrogen and oxygen atoms in total. The van der Waals surface area contributed by atoms with Crippen LogP contribution in [0.25, 0.3) is 0 Å². The summed E-state index contributed by atoms with van der Waals surface area (Å²) in [7, 11) is 0. The molecule has 3 saturated carbocycles. The molecule has 7 atom stereocenters. The molecule has 0 N–H and O–H groups in total. The second kappa shape index (κ2) is 7.43. The molecule has 4 aliphatic rings. The first-order chi connectivity index (χ1) is 14.4. The number of rotatable bonds is 3. The van der Waals surface area contributed by atoms with Gasteiger partial charge in [-0.2, -0.15) is 0 Å². The molecule has 162 valence electrons. The Morgan fingerprint density at radius 2 is 1.80 bits per heavy atom. The Morgan fingerprint density at radius 3 is 2.57 bits per heavy atom. The first-order valence-electron chi connectivity index (χ1n) is 12.0. The zero-order valence-corrected chi connectivity index (χ0v) is 18.7. The lowest BCUT2D eigenvalue weighted by atomic mass is 9.48. The van der Waals surface area contributed by atoms with E-state index in [0.29, 0.717) is 11.5 Å². The zero-order chi connectivity index (χ0) is 20.9. The third-order valence-corrected chi connectivity index (χ3v) is 9.33. The van der Waals surface area contributed by atoms with Crippen LogP contribution in [0.3, 0.4) is 0 Å². The van der Waals surface area contributed by atoms with Crippen molar-refractivity contribution in [2.75, 3.05) is 0 Å². The number of esters is 1. The number of para-hydroxylation sites is 1. The van der Waals surface area contributed by atoms with E-state index in [0.717, 1.165) is 42.8 Å². The molecule has 30 heavy (non-hydrogen) atoms. The SMILES string of the molecule is CC(=O)OC1CCC2(C)C(=CCC3C2CCC2(C)C(Oc4ccccc4)CCC32)C1. The number of carbonyl (C=O) groups is 1. The molecule has 0 aromatic heterocycles. The highest BCUT2D eigenvalue weighted by Gasteiger charge is 2.59. The van der Waals surface area contributed by atoms with Gasteiger partial charge in [-0.15, -0.1) is 0 Å². The molecule has 4 aliphatic carbocycles. The van der Waals surface area contributed by atoms with Gasteiger partial charge in [0.1, 0.15) is 18.0 Å². The van der Waals surface area contributed by atoms with Crippen molar-refractivity contribution in [2.45, 2.75) is 84.3 Å². The Bertz CT molecular complexity index is 830. The van der Waals surface area contributed by atoms with Crippen molar-refractivity contribution >= 4 is 5.97 Å². The van der Waals surface area contributed by atoms with Crippen LogP contribution in [-0.4, -0.2) is 18.2 Å². The lowest BCUT2D eigenvalue weighted by molar-refractivity contribution is -0.148. The summed E-state index contributed by atoms with van der Waals surface area (Å²) in [5.41, 5.74) is 2.15. The Balaban J connectivity index is 1.35. The molecule has 0 aliphatic heterocycles. The van der Waals surface area contributed by atoms with Crippen LogP contribution in [0.4, 0.5) is 0 Å². The second-order valence-electron chi connectivity index (χ2n) is 10.8. The van der Waals surface area contributed by atoms with Gasteiger partial charge in [0, 0.05) is 18.8 Å². The number of fused-ring (bicyclic) bond motifs is 5. The van der Waals surface area contributed by atoms with Gasteiger partial charge in [-0.1, -0.05) is 43.7 Å². The third-order valence-electron chi connectivity index (χ3n) is 9.33. The largest absolute Gasteiger partial charge is 0.490 e. The van der Waals surface area contributed by atoms with E-state index in [-0.39, 0.29) is 17.5 Å². The average Bonchev–Trinajstić information content (AvgIpc) is 3.05. The minimum absolute atomic E-state index is 0.0855. The molecule has 7 unspecified atom stereocenters. The van der Waals surface area contributed by atoms with Gasteiger partial charge < -0.3 is 9.47 Å². The maximum atomic E-state index is 11.4. The van der Waals surface area contributed by atoms with Gasteiger partial charge in [-0.3, -0.25) is 4.79 Å². The highest BCUT2D eigenvalue weighted by Crippen LogP contribution is 2.65. The molecule has 0 bridgehead atoms. The summed E-state index contributed by atoms with van der Waals surface area (Å²) in [6.45, 7) is 6.55. The summed E-state index contributed by atoms with van der Waals surface area (Å²) >= 11 is 0. The van der Waals surface area contributed by atoms with Crippen LogP contribution in [0.5, 0.6) is 5.75 Å². The topological polar surface area (TPSA) is 35.5 Å². The van der Waals surface area contributed by atoms with Crippen molar-refractivity contribution in [1.29, 1.82) is 0 Å². The lowest BCUT2D eigenvalue weighted by Crippen LogP contribution is -2.52. The van der Waals surface area contributed by atoms with Crippen LogP contribution >= 0.6 is 0 Å². The first kappa shape index (κ1) is 20.2. The molecule has 0 heterocycles. The Labute approximate surface area is 181 Å². The van der Waals surface area contributed by atoms with Gasteiger partial charge in [0.15, 0.2) is 0 Å². The minimum atomic E-state index is -0.137. The van der Waals surface area contributed by atoms with E-state index in [1.165, 1.54) is 39.0 Å². The fourth-order valence-electron chi connectivity index (χ4n) is 7.77. The van der Waals surface area contributed by atoms with Crippen LogP contribution in [0.15, 0.2) is 42.0 Å². The number of ether oxygens (including phenoxy) is 2. The van der Waals surface area contributed by atoms with Gasteiger partial charge >= 0.3 is 5.97 Å². The summed E-state index contributed by atoms with van der Waals surface area (Å²) in [5.74, 6) is 3.18. The normalized spacial score (nSPS) is 42.4. The van der Waals surface area contributed by atoms with Crippen LogP contribution in [0, 0.1) is 28.6 Å². The maximum Gasteiger partial charge on any atom is 0.302 e. The van der Waals surface area contributed by atoms with Gasteiger partial charge in [0.2, 0.25) is 0 Å². The van der Waals surface area contributed by atoms with Crippen LogP contribution < -0.4 is 4.74 Å². The molecule has 3 heteroatoms. The third kappa shape index (κ3) is 3.20. The van der Waals surface area contributed by atoms with E-state index in [9.17, 15) is 4.79 Å². The van der Waals surface area contributed by atoms with Crippen molar-refractivity contribution in [3.8, 4) is 5.75 Å². The smallest absolute Gasteiger partial charge is 0.302 e. The monoisotopic (exact) mass is 408 g/mol.